The molecule has 0 radical (unpaired) electrons. The van der Waals surface area contributed by atoms with Crippen molar-refractivity contribution >= 4 is 17.9 Å². The lowest BCUT2D eigenvalue weighted by atomic mass is 10.00. The summed E-state index contributed by atoms with van der Waals surface area (Å²) in [5.41, 5.74) is 9.90. The zero-order chi connectivity index (χ0) is 24.8. The maximum atomic E-state index is 12.1. The third kappa shape index (κ3) is 12.4. The van der Waals surface area contributed by atoms with Crippen molar-refractivity contribution in [1.29, 1.82) is 0 Å². The minimum atomic E-state index is -0.801. The minimum absolute atomic E-state index is 0.0439. The van der Waals surface area contributed by atoms with Gasteiger partial charge in [0, 0.05) is 19.0 Å². The van der Waals surface area contributed by atoms with Gasteiger partial charge in [-0.2, -0.15) is 0 Å². The Morgan fingerprint density at radius 3 is 1.81 bits per heavy atom. The molecule has 0 aliphatic carbocycles. The van der Waals surface area contributed by atoms with Crippen molar-refractivity contribution in [3.63, 3.8) is 0 Å². The summed E-state index contributed by atoms with van der Waals surface area (Å²) in [6.45, 7) is 24.0. The van der Waals surface area contributed by atoms with Gasteiger partial charge in [-0.25, -0.2) is 4.79 Å². The highest BCUT2D eigenvalue weighted by Crippen LogP contribution is 2.17. The summed E-state index contributed by atoms with van der Waals surface area (Å²) in [6.07, 6.45) is 5.90. The van der Waals surface area contributed by atoms with Gasteiger partial charge in [0.25, 0.3) is 0 Å². The Morgan fingerprint density at radius 1 is 0.968 bits per heavy atom. The van der Waals surface area contributed by atoms with Gasteiger partial charge >= 0.3 is 6.09 Å². The molecule has 8 heteroatoms. The highest BCUT2D eigenvalue weighted by atomic mass is 16.6. The van der Waals surface area contributed by atoms with E-state index >= 15 is 0 Å². The van der Waals surface area contributed by atoms with Crippen molar-refractivity contribution in [2.45, 2.75) is 52.3 Å². The molecule has 3 amide bonds. The number of hydrogen-bond acceptors (Lipinski definition) is 5. The predicted octanol–water partition coefficient (Wildman–Crippen LogP) is 2.52. The Hall–Kier alpha value is -2.87. The van der Waals surface area contributed by atoms with Gasteiger partial charge in [0.2, 0.25) is 11.8 Å². The van der Waals surface area contributed by atoms with Crippen LogP contribution in [0.2, 0.25) is 0 Å². The van der Waals surface area contributed by atoms with Gasteiger partial charge in [-0.3, -0.25) is 14.5 Å². The van der Waals surface area contributed by atoms with Gasteiger partial charge in [-0.15, -0.1) is 26.3 Å². The predicted molar refractivity (Wildman–Crippen MR) is 126 cm³/mol. The van der Waals surface area contributed by atoms with Crippen LogP contribution in [0.3, 0.4) is 0 Å². The number of nitrogens with two attached hydrogens (primary N) is 2. The van der Waals surface area contributed by atoms with Crippen molar-refractivity contribution in [3.8, 4) is 0 Å². The average molecular weight is 437 g/mol. The number of primary amides is 2. The van der Waals surface area contributed by atoms with E-state index in [4.69, 9.17) is 16.2 Å². The minimum Gasteiger partial charge on any atom is -0.444 e. The first kappa shape index (κ1) is 30.3. The lowest BCUT2D eigenvalue weighted by Crippen LogP contribution is -2.52. The fraction of sp³-hybridized carbons (Fsp3) is 0.522. The highest BCUT2D eigenvalue weighted by molar-refractivity contribution is 5.85. The van der Waals surface area contributed by atoms with Gasteiger partial charge in [-0.1, -0.05) is 38.2 Å². The van der Waals surface area contributed by atoms with Crippen molar-refractivity contribution in [2.24, 2.45) is 23.3 Å². The molecule has 0 saturated heterocycles. The molecular weight excluding hydrogens is 396 g/mol. The molecule has 0 aliphatic heterocycles. The second-order valence-electron chi connectivity index (χ2n) is 8.04. The van der Waals surface area contributed by atoms with Crippen LogP contribution in [0.1, 0.15) is 34.6 Å². The Morgan fingerprint density at radius 2 is 1.48 bits per heavy atom. The zero-order valence-electron chi connectivity index (χ0n) is 19.6. The molecule has 0 aromatic rings. The van der Waals surface area contributed by atoms with E-state index in [-0.39, 0.29) is 30.3 Å². The standard InChI is InChI=1S/C14H24N2O3.C9H16N2O/c1-7-9-16(13(18)19-14(4,5)6)11(12(15)17)10(3)8-2;1-4-6-11-8(9(10)12)7(3)5-2/h7-8,10-11H,1-2,9H2,3-6H3,(H2,15,17);4-5,7-8,11H,1-2,6H2,3H3,(H2,10,12)/t10-,11+;7-,8+/m11/s1. The number of rotatable bonds is 12. The van der Waals surface area contributed by atoms with Crippen LogP contribution in [0.25, 0.3) is 0 Å². The molecule has 0 aromatic heterocycles. The summed E-state index contributed by atoms with van der Waals surface area (Å²) in [4.78, 5) is 35.9. The largest absolute Gasteiger partial charge is 0.444 e. The van der Waals surface area contributed by atoms with E-state index < -0.39 is 23.6 Å². The first-order valence-electron chi connectivity index (χ1n) is 10.1. The van der Waals surface area contributed by atoms with E-state index in [0.29, 0.717) is 6.54 Å². The van der Waals surface area contributed by atoms with Gasteiger partial charge in [-0.05, 0) is 26.7 Å². The normalized spacial score (nSPS) is 14.4. The summed E-state index contributed by atoms with van der Waals surface area (Å²) in [5, 5.41) is 2.96. The highest BCUT2D eigenvalue weighted by Gasteiger charge is 2.33. The molecule has 0 heterocycles. The number of carbonyl (C=O) groups is 3. The topological polar surface area (TPSA) is 128 Å². The molecular formula is C23H40N4O4. The smallest absolute Gasteiger partial charge is 0.411 e. The molecule has 0 fully saturated rings. The van der Waals surface area contributed by atoms with Gasteiger partial charge < -0.3 is 21.5 Å². The fourth-order valence-electron chi connectivity index (χ4n) is 2.48. The molecule has 5 N–H and O–H groups in total. The molecule has 31 heavy (non-hydrogen) atoms. The van der Waals surface area contributed by atoms with Crippen LogP contribution in [0, 0.1) is 11.8 Å². The molecule has 0 aromatic carbocycles. The number of hydrogen-bond donors (Lipinski definition) is 3. The van der Waals surface area contributed by atoms with E-state index in [1.54, 1.807) is 45.9 Å². The van der Waals surface area contributed by atoms with Crippen LogP contribution in [-0.4, -0.2) is 53.6 Å². The molecule has 0 rings (SSSR count). The van der Waals surface area contributed by atoms with E-state index in [0.717, 1.165) is 0 Å². The van der Waals surface area contributed by atoms with Crippen molar-refractivity contribution in [1.82, 2.24) is 10.2 Å². The van der Waals surface area contributed by atoms with E-state index in [9.17, 15) is 14.4 Å². The van der Waals surface area contributed by atoms with Crippen LogP contribution in [0.4, 0.5) is 4.79 Å². The third-order valence-electron chi connectivity index (χ3n) is 4.14. The SMILES string of the molecule is C=CCN(C(=O)OC(C)(C)C)[C@H](C(N)=O)[C@H](C)C=C.C=CCN[C@H](C(N)=O)[C@H](C)C=C. The summed E-state index contributed by atoms with van der Waals surface area (Å²) in [6, 6.07) is -1.15. The lowest BCUT2D eigenvalue weighted by molar-refractivity contribution is -0.124. The van der Waals surface area contributed by atoms with Crippen LogP contribution in [0.5, 0.6) is 0 Å². The molecule has 176 valence electrons. The molecule has 0 spiro atoms. The molecule has 8 nitrogen and oxygen atoms in total. The second kappa shape index (κ2) is 15.0. The summed E-state index contributed by atoms with van der Waals surface area (Å²) in [5.74, 6) is -1.18. The fourth-order valence-corrected chi connectivity index (χ4v) is 2.48. The van der Waals surface area contributed by atoms with Crippen molar-refractivity contribution in [2.75, 3.05) is 13.1 Å². The second-order valence-corrected chi connectivity index (χ2v) is 8.04. The Bertz CT molecular complexity index is 640. The van der Waals surface area contributed by atoms with Crippen LogP contribution in [-0.2, 0) is 14.3 Å². The maximum Gasteiger partial charge on any atom is 0.411 e. The molecule has 0 unspecified atom stereocenters. The van der Waals surface area contributed by atoms with Crippen LogP contribution >= 0.6 is 0 Å². The van der Waals surface area contributed by atoms with Gasteiger partial charge in [0.05, 0.1) is 6.04 Å². The van der Waals surface area contributed by atoms with E-state index in [2.05, 4.69) is 31.6 Å². The quantitative estimate of drug-likeness (QED) is 0.405. The zero-order valence-corrected chi connectivity index (χ0v) is 19.6. The first-order chi connectivity index (χ1) is 14.3. The molecule has 0 saturated carbocycles. The Labute approximate surface area is 187 Å². The van der Waals surface area contributed by atoms with Crippen molar-refractivity contribution < 1.29 is 19.1 Å². The summed E-state index contributed by atoms with van der Waals surface area (Å²) >= 11 is 0. The monoisotopic (exact) mass is 436 g/mol. The lowest BCUT2D eigenvalue weighted by Gasteiger charge is -2.33. The van der Waals surface area contributed by atoms with E-state index in [1.165, 1.54) is 11.0 Å². The molecule has 4 atom stereocenters. The number of nitrogens with zero attached hydrogens (tertiary/aromatic N) is 1. The van der Waals surface area contributed by atoms with Crippen LogP contribution < -0.4 is 16.8 Å². The average Bonchev–Trinajstić information content (AvgIpc) is 2.65. The summed E-state index contributed by atoms with van der Waals surface area (Å²) < 4.78 is 5.28. The third-order valence-corrected chi connectivity index (χ3v) is 4.14. The number of carbonyl (C=O) groups excluding carboxylic acids is 3. The molecule has 0 aliphatic rings. The number of ether oxygens (including phenoxy) is 1. The summed E-state index contributed by atoms with van der Waals surface area (Å²) in [7, 11) is 0. The maximum absolute atomic E-state index is 12.1. The van der Waals surface area contributed by atoms with Gasteiger partial charge in [0.15, 0.2) is 0 Å². The van der Waals surface area contributed by atoms with Crippen molar-refractivity contribution in [3.05, 3.63) is 50.6 Å². The Balaban J connectivity index is 0. The number of amides is 3. The van der Waals surface area contributed by atoms with Crippen LogP contribution in [0.15, 0.2) is 50.6 Å². The Kier molecular flexibility index (Phi) is 14.7. The van der Waals surface area contributed by atoms with E-state index in [1.807, 2.05) is 6.92 Å². The first-order valence-corrected chi connectivity index (χ1v) is 10.1. The number of nitrogens with one attached hydrogen (secondary N) is 1. The molecule has 0 bridgehead atoms. The van der Waals surface area contributed by atoms with Gasteiger partial charge in [0.1, 0.15) is 11.6 Å².